The van der Waals surface area contributed by atoms with Crippen molar-refractivity contribution < 1.29 is 0 Å². The smallest absolute Gasteiger partial charge is 0.0601 e. The lowest BCUT2D eigenvalue weighted by molar-refractivity contribution is 1.15. The molecule has 0 aliphatic carbocycles. The second kappa shape index (κ2) is 2.94. The molecule has 0 aliphatic heterocycles. The Balaban J connectivity index is 2.80. The van der Waals surface area contributed by atoms with Gasteiger partial charge in [0.1, 0.15) is 0 Å². The lowest BCUT2D eigenvalue weighted by Crippen LogP contribution is -1.74. The van der Waals surface area contributed by atoms with Gasteiger partial charge in [-0.25, -0.2) is 0 Å². The first-order chi connectivity index (χ1) is 5.83. The molecule has 0 spiro atoms. The monoisotopic (exact) mass is 223 g/mol. The fourth-order valence-corrected chi connectivity index (χ4v) is 1.95. The van der Waals surface area contributed by atoms with Crippen LogP contribution in [0.2, 0.25) is 0 Å². The Bertz CT molecular complexity index is 403. The molecule has 1 aromatic carbocycles. The largest absolute Gasteiger partial charge is 0.360 e. The highest BCUT2D eigenvalue weighted by molar-refractivity contribution is 9.10. The van der Waals surface area contributed by atoms with Crippen LogP contribution in [-0.2, 0) is 6.42 Å². The molecule has 2 rings (SSSR count). The standard InChI is InChI=1S/C10H10BrN/c1-2-7-6-12-10-8(7)4-3-5-9(10)11/h3-6,12H,2H2,1H3. The summed E-state index contributed by atoms with van der Waals surface area (Å²) in [5, 5.41) is 1.33. The van der Waals surface area contributed by atoms with Gasteiger partial charge in [-0.05, 0) is 34.0 Å². The predicted octanol–water partition coefficient (Wildman–Crippen LogP) is 3.49. The van der Waals surface area contributed by atoms with Gasteiger partial charge < -0.3 is 4.98 Å². The van der Waals surface area contributed by atoms with Crippen molar-refractivity contribution in [2.24, 2.45) is 0 Å². The number of para-hydroxylation sites is 1. The molecule has 0 atom stereocenters. The maximum absolute atomic E-state index is 3.51. The highest BCUT2D eigenvalue weighted by Crippen LogP contribution is 2.25. The molecule has 12 heavy (non-hydrogen) atoms. The first-order valence-corrected chi connectivity index (χ1v) is 4.86. The molecule has 0 amide bonds. The van der Waals surface area contributed by atoms with Crippen LogP contribution < -0.4 is 0 Å². The number of rotatable bonds is 1. The number of aryl methyl sites for hydroxylation is 1. The van der Waals surface area contributed by atoms with E-state index in [9.17, 15) is 0 Å². The van der Waals surface area contributed by atoms with Crippen molar-refractivity contribution >= 4 is 26.8 Å². The number of hydrogen-bond acceptors (Lipinski definition) is 0. The first kappa shape index (κ1) is 7.87. The van der Waals surface area contributed by atoms with Crippen LogP contribution in [0.3, 0.4) is 0 Å². The molecule has 0 saturated heterocycles. The van der Waals surface area contributed by atoms with E-state index in [0.717, 1.165) is 10.9 Å². The van der Waals surface area contributed by atoms with Gasteiger partial charge in [0.25, 0.3) is 0 Å². The Labute approximate surface area is 79.9 Å². The van der Waals surface area contributed by atoms with Gasteiger partial charge in [0.05, 0.1) is 5.52 Å². The third-order valence-corrected chi connectivity index (χ3v) is 2.79. The number of aromatic amines is 1. The van der Waals surface area contributed by atoms with Crippen molar-refractivity contribution in [3.05, 3.63) is 34.4 Å². The fraction of sp³-hybridized carbons (Fsp3) is 0.200. The average Bonchev–Trinajstić information content (AvgIpc) is 2.49. The Morgan fingerprint density at radius 2 is 2.25 bits per heavy atom. The van der Waals surface area contributed by atoms with E-state index in [1.54, 1.807) is 0 Å². The van der Waals surface area contributed by atoms with E-state index < -0.39 is 0 Å². The third kappa shape index (κ3) is 1.07. The molecule has 0 saturated carbocycles. The van der Waals surface area contributed by atoms with Crippen molar-refractivity contribution in [2.75, 3.05) is 0 Å². The van der Waals surface area contributed by atoms with Crippen molar-refractivity contribution in [1.29, 1.82) is 0 Å². The molecule has 1 nitrogen and oxygen atoms in total. The summed E-state index contributed by atoms with van der Waals surface area (Å²) < 4.78 is 1.14. The Kier molecular flexibility index (Phi) is 1.93. The molecule has 0 unspecified atom stereocenters. The van der Waals surface area contributed by atoms with Gasteiger partial charge in [0, 0.05) is 16.1 Å². The lowest BCUT2D eigenvalue weighted by Gasteiger charge is -1.94. The number of fused-ring (bicyclic) bond motifs is 1. The molecular formula is C10H10BrN. The zero-order valence-corrected chi connectivity index (χ0v) is 8.48. The molecule has 0 aliphatic rings. The van der Waals surface area contributed by atoms with Crippen LogP contribution in [0.5, 0.6) is 0 Å². The molecule has 0 bridgehead atoms. The Hall–Kier alpha value is -0.760. The summed E-state index contributed by atoms with van der Waals surface area (Å²) in [4.78, 5) is 3.26. The summed E-state index contributed by atoms with van der Waals surface area (Å²) in [6.45, 7) is 2.17. The molecule has 2 aromatic rings. The molecule has 0 radical (unpaired) electrons. The minimum atomic E-state index is 1.08. The van der Waals surface area contributed by atoms with E-state index in [0.29, 0.717) is 0 Å². The molecular weight excluding hydrogens is 214 g/mol. The van der Waals surface area contributed by atoms with Crippen molar-refractivity contribution in [1.82, 2.24) is 4.98 Å². The summed E-state index contributed by atoms with van der Waals surface area (Å²) in [6.07, 6.45) is 3.16. The topological polar surface area (TPSA) is 15.8 Å². The number of halogens is 1. The minimum absolute atomic E-state index is 1.08. The minimum Gasteiger partial charge on any atom is -0.360 e. The number of nitrogens with one attached hydrogen (secondary N) is 1. The zero-order chi connectivity index (χ0) is 8.55. The summed E-state index contributed by atoms with van der Waals surface area (Å²) in [7, 11) is 0. The Morgan fingerprint density at radius 3 is 3.00 bits per heavy atom. The second-order valence-electron chi connectivity index (χ2n) is 2.83. The van der Waals surface area contributed by atoms with E-state index in [1.165, 1.54) is 16.5 Å². The predicted molar refractivity (Wildman–Crippen MR) is 55.4 cm³/mol. The maximum atomic E-state index is 3.51. The number of aromatic nitrogens is 1. The Morgan fingerprint density at radius 1 is 1.42 bits per heavy atom. The van der Waals surface area contributed by atoms with Crippen LogP contribution in [0.25, 0.3) is 10.9 Å². The van der Waals surface area contributed by atoms with E-state index in [1.807, 2.05) is 0 Å². The number of hydrogen-bond donors (Lipinski definition) is 1. The van der Waals surface area contributed by atoms with Gasteiger partial charge in [0.2, 0.25) is 0 Å². The third-order valence-electron chi connectivity index (χ3n) is 2.13. The fourth-order valence-electron chi connectivity index (χ4n) is 1.47. The number of H-pyrrole nitrogens is 1. The molecule has 1 heterocycles. The highest BCUT2D eigenvalue weighted by Gasteiger charge is 2.02. The van der Waals surface area contributed by atoms with Gasteiger partial charge in [-0.15, -0.1) is 0 Å². The van der Waals surface area contributed by atoms with Gasteiger partial charge in [-0.2, -0.15) is 0 Å². The summed E-state index contributed by atoms with van der Waals surface area (Å²) >= 11 is 3.51. The summed E-state index contributed by atoms with van der Waals surface area (Å²) in [6, 6.07) is 6.27. The van der Waals surface area contributed by atoms with Crippen LogP contribution in [-0.4, -0.2) is 4.98 Å². The van der Waals surface area contributed by atoms with E-state index in [4.69, 9.17) is 0 Å². The molecule has 0 fully saturated rings. The SMILES string of the molecule is CCc1c[nH]c2c(Br)cccc12. The van der Waals surface area contributed by atoms with Gasteiger partial charge >= 0.3 is 0 Å². The van der Waals surface area contributed by atoms with Gasteiger partial charge in [-0.3, -0.25) is 0 Å². The van der Waals surface area contributed by atoms with Crippen LogP contribution in [0, 0.1) is 0 Å². The van der Waals surface area contributed by atoms with Crippen molar-refractivity contribution in [3.63, 3.8) is 0 Å². The van der Waals surface area contributed by atoms with Crippen molar-refractivity contribution in [2.45, 2.75) is 13.3 Å². The van der Waals surface area contributed by atoms with Crippen LogP contribution in [0.1, 0.15) is 12.5 Å². The lowest BCUT2D eigenvalue weighted by atomic mass is 10.1. The van der Waals surface area contributed by atoms with Crippen LogP contribution >= 0.6 is 15.9 Å². The second-order valence-corrected chi connectivity index (χ2v) is 3.68. The van der Waals surface area contributed by atoms with Gasteiger partial charge in [-0.1, -0.05) is 19.1 Å². The zero-order valence-electron chi connectivity index (χ0n) is 6.89. The normalized spacial score (nSPS) is 10.8. The maximum Gasteiger partial charge on any atom is 0.0601 e. The van der Waals surface area contributed by atoms with E-state index >= 15 is 0 Å². The quantitative estimate of drug-likeness (QED) is 0.763. The highest BCUT2D eigenvalue weighted by atomic mass is 79.9. The van der Waals surface area contributed by atoms with Gasteiger partial charge in [0.15, 0.2) is 0 Å². The molecule has 1 aromatic heterocycles. The average molecular weight is 224 g/mol. The number of benzene rings is 1. The first-order valence-electron chi connectivity index (χ1n) is 4.07. The molecule has 62 valence electrons. The van der Waals surface area contributed by atoms with Crippen molar-refractivity contribution in [3.8, 4) is 0 Å². The van der Waals surface area contributed by atoms with E-state index in [-0.39, 0.29) is 0 Å². The van der Waals surface area contributed by atoms with Crippen LogP contribution in [0.4, 0.5) is 0 Å². The van der Waals surface area contributed by atoms with E-state index in [2.05, 4.69) is 52.2 Å². The molecule has 1 N–H and O–H groups in total. The van der Waals surface area contributed by atoms with Crippen LogP contribution in [0.15, 0.2) is 28.9 Å². The summed E-state index contributed by atoms with van der Waals surface area (Å²) in [5.41, 5.74) is 2.58. The summed E-state index contributed by atoms with van der Waals surface area (Å²) in [5.74, 6) is 0. The molecule has 2 heteroatoms.